The fourth-order valence-corrected chi connectivity index (χ4v) is 9.81. The number of imidazole rings is 2. The van der Waals surface area contributed by atoms with Gasteiger partial charge < -0.3 is 39.9 Å². The topological polar surface area (TPSA) is 175 Å². The third-order valence-electron chi connectivity index (χ3n) is 12.9. The number of ether oxygens (including phenoxy) is 2. The molecule has 9 rings (SSSR count). The second kappa shape index (κ2) is 17.0. The highest BCUT2D eigenvalue weighted by Crippen LogP contribution is 2.41. The molecule has 4 aromatic carbocycles. The molecular weight excluding hydrogens is 785 g/mol. The van der Waals surface area contributed by atoms with E-state index in [0.717, 1.165) is 95.2 Å². The number of nitrogens with one attached hydrogen (secondary N) is 4. The van der Waals surface area contributed by atoms with Crippen molar-refractivity contribution in [3.05, 3.63) is 107 Å². The Labute approximate surface area is 359 Å². The molecule has 0 radical (unpaired) electrons. The van der Waals surface area contributed by atoms with Crippen molar-refractivity contribution >= 4 is 45.8 Å². The zero-order chi connectivity index (χ0) is 43.1. The van der Waals surface area contributed by atoms with Crippen LogP contribution in [0.25, 0.3) is 44.2 Å². The molecule has 0 spiro atoms. The van der Waals surface area contributed by atoms with Crippen LogP contribution in [0.5, 0.6) is 0 Å². The first-order valence-electron chi connectivity index (χ1n) is 21.6. The summed E-state index contributed by atoms with van der Waals surface area (Å²) in [6.07, 6.45) is 6.80. The van der Waals surface area contributed by atoms with Crippen LogP contribution < -0.4 is 10.6 Å². The highest BCUT2D eigenvalue weighted by Gasteiger charge is 2.39. The molecule has 4 atom stereocenters. The number of aromatic nitrogens is 4. The number of hydrogen-bond acceptors (Lipinski definition) is 8. The van der Waals surface area contributed by atoms with Crippen molar-refractivity contribution < 1.29 is 28.7 Å². The Kier molecular flexibility index (Phi) is 11.1. The van der Waals surface area contributed by atoms with E-state index in [1.165, 1.54) is 30.9 Å². The Balaban J connectivity index is 0.965. The van der Waals surface area contributed by atoms with E-state index >= 15 is 0 Å². The number of hydrogen-bond donors (Lipinski definition) is 4. The number of aromatic amines is 2. The highest BCUT2D eigenvalue weighted by atomic mass is 16.5. The van der Waals surface area contributed by atoms with Crippen LogP contribution in [-0.2, 0) is 31.9 Å². The third kappa shape index (κ3) is 7.51. The lowest BCUT2D eigenvalue weighted by Crippen LogP contribution is -2.51. The summed E-state index contributed by atoms with van der Waals surface area (Å²) in [5.74, 6) is 1.04. The molecule has 6 aromatic rings. The normalized spacial score (nSPS) is 18.3. The SMILES string of the molecule is COC(=O)N[C@H](C(=O)N1CCC[C@H]1c1nc2ccc3cc(-c4ccc(-c5cnc([C@@H]6CCCN6C(=O)[C@H](NC(=O)OC)c6ccccc6)[nH]5)c5c4CCC5)ccc3c2[nH]1)C(C)C. The zero-order valence-corrected chi connectivity index (χ0v) is 35.5. The molecule has 62 heavy (non-hydrogen) atoms. The fourth-order valence-electron chi connectivity index (χ4n) is 9.81. The summed E-state index contributed by atoms with van der Waals surface area (Å²) < 4.78 is 9.67. The van der Waals surface area contributed by atoms with Gasteiger partial charge >= 0.3 is 12.2 Å². The average molecular weight is 837 g/mol. The van der Waals surface area contributed by atoms with Gasteiger partial charge in [0.05, 0.1) is 49.2 Å². The van der Waals surface area contributed by atoms with Crippen molar-refractivity contribution in [1.82, 2.24) is 40.4 Å². The standard InChI is InChI=1S/C48H52N8O6/c1-27(2)40(53-47(59)61-3)45(57)56-24-10-16-39(56)44-50-36-22-18-30-25-29(17-19-32(30)42(36)52-44)31-20-21-35(34-14-8-13-33(31)34)37-26-49-43(51-37)38-15-9-23-55(38)46(58)41(54-48(60)62-4)28-11-6-5-7-12-28/h5-7,11-12,17-22,25-27,38-41H,8-10,13-16,23-24H2,1-4H3,(H,49,51)(H,50,52)(H,53,59)(H,54,60)/t38-,39-,40-,41+/m0/s1. The third-order valence-corrected chi connectivity index (χ3v) is 12.9. The lowest BCUT2D eigenvalue weighted by molar-refractivity contribution is -0.135. The quantitative estimate of drug-likeness (QED) is 0.107. The number of H-pyrrole nitrogens is 2. The maximum absolute atomic E-state index is 14.1. The maximum Gasteiger partial charge on any atom is 0.407 e. The van der Waals surface area contributed by atoms with Crippen LogP contribution in [0.4, 0.5) is 9.59 Å². The molecule has 0 unspecified atom stereocenters. The lowest BCUT2D eigenvalue weighted by atomic mass is 9.91. The fraction of sp³-hybridized carbons (Fsp3) is 0.375. The summed E-state index contributed by atoms with van der Waals surface area (Å²) in [6.45, 7) is 4.98. The minimum atomic E-state index is -0.880. The van der Waals surface area contributed by atoms with Gasteiger partial charge in [0, 0.05) is 24.0 Å². The van der Waals surface area contributed by atoms with Gasteiger partial charge in [-0.05, 0) is 96.2 Å². The van der Waals surface area contributed by atoms with Gasteiger partial charge in [0.2, 0.25) is 5.91 Å². The van der Waals surface area contributed by atoms with Gasteiger partial charge in [-0.25, -0.2) is 19.6 Å². The van der Waals surface area contributed by atoms with Gasteiger partial charge in [-0.3, -0.25) is 9.59 Å². The number of rotatable bonds is 10. The largest absolute Gasteiger partial charge is 0.453 e. The van der Waals surface area contributed by atoms with Crippen LogP contribution in [0, 0.1) is 5.92 Å². The van der Waals surface area contributed by atoms with Crippen molar-refractivity contribution in [2.24, 2.45) is 5.92 Å². The van der Waals surface area contributed by atoms with Gasteiger partial charge in [0.1, 0.15) is 23.7 Å². The second-order valence-corrected chi connectivity index (χ2v) is 16.9. The van der Waals surface area contributed by atoms with E-state index in [-0.39, 0.29) is 29.8 Å². The number of carbonyl (C=O) groups excluding carboxylic acids is 4. The number of carbonyl (C=O) groups is 4. The molecule has 0 bridgehead atoms. The molecule has 14 heteroatoms. The van der Waals surface area contributed by atoms with Crippen molar-refractivity contribution in [2.45, 2.75) is 83.0 Å². The first-order chi connectivity index (χ1) is 30.1. The highest BCUT2D eigenvalue weighted by molar-refractivity contribution is 6.05. The minimum Gasteiger partial charge on any atom is -0.453 e. The maximum atomic E-state index is 14.1. The number of nitrogens with zero attached hydrogens (tertiary/aromatic N) is 4. The van der Waals surface area contributed by atoms with Crippen LogP contribution in [0.1, 0.15) is 92.4 Å². The number of methoxy groups -OCH3 is 2. The molecule has 2 aliphatic heterocycles. The molecule has 2 aromatic heterocycles. The molecule has 4 N–H and O–H groups in total. The summed E-state index contributed by atoms with van der Waals surface area (Å²) in [5.41, 5.74) is 9.53. The Hall–Kier alpha value is -6.70. The molecule has 2 fully saturated rings. The van der Waals surface area contributed by atoms with Crippen molar-refractivity contribution in [3.8, 4) is 22.4 Å². The van der Waals surface area contributed by atoms with Crippen molar-refractivity contribution in [1.29, 1.82) is 0 Å². The van der Waals surface area contributed by atoms with E-state index < -0.39 is 24.3 Å². The van der Waals surface area contributed by atoms with Crippen LogP contribution in [0.2, 0.25) is 0 Å². The van der Waals surface area contributed by atoms with E-state index in [9.17, 15) is 19.2 Å². The first-order valence-corrected chi connectivity index (χ1v) is 21.6. The zero-order valence-electron chi connectivity index (χ0n) is 35.5. The Morgan fingerprint density at radius 2 is 1.42 bits per heavy atom. The number of fused-ring (bicyclic) bond motifs is 4. The van der Waals surface area contributed by atoms with Crippen LogP contribution in [0.3, 0.4) is 0 Å². The van der Waals surface area contributed by atoms with Gasteiger partial charge in [-0.2, -0.15) is 0 Å². The van der Waals surface area contributed by atoms with E-state index in [2.05, 4.69) is 57.0 Å². The summed E-state index contributed by atoms with van der Waals surface area (Å²) in [7, 11) is 2.59. The number of alkyl carbamates (subject to hydrolysis) is 2. The van der Waals surface area contributed by atoms with Crippen molar-refractivity contribution in [2.75, 3.05) is 27.3 Å². The minimum absolute atomic E-state index is 0.113. The van der Waals surface area contributed by atoms with Crippen LogP contribution in [-0.4, -0.2) is 87.1 Å². The van der Waals surface area contributed by atoms with Gasteiger partial charge in [0.25, 0.3) is 5.91 Å². The Morgan fingerprint density at radius 3 is 2.15 bits per heavy atom. The molecule has 3 aliphatic rings. The van der Waals surface area contributed by atoms with Gasteiger partial charge in [-0.15, -0.1) is 0 Å². The van der Waals surface area contributed by atoms with E-state index in [1.807, 2.05) is 66.2 Å². The second-order valence-electron chi connectivity index (χ2n) is 16.9. The first kappa shape index (κ1) is 40.7. The number of amides is 4. The number of benzene rings is 4. The van der Waals surface area contributed by atoms with Gasteiger partial charge in [-0.1, -0.05) is 74.5 Å². The van der Waals surface area contributed by atoms with Crippen molar-refractivity contribution in [3.63, 3.8) is 0 Å². The summed E-state index contributed by atoms with van der Waals surface area (Å²) >= 11 is 0. The smallest absolute Gasteiger partial charge is 0.407 e. The van der Waals surface area contributed by atoms with Crippen LogP contribution in [0.15, 0.2) is 79.0 Å². The molecule has 4 amide bonds. The summed E-state index contributed by atoms with van der Waals surface area (Å²) in [5, 5.41) is 7.62. The predicted octanol–water partition coefficient (Wildman–Crippen LogP) is 8.07. The molecular formula is C48H52N8O6. The summed E-state index contributed by atoms with van der Waals surface area (Å²) in [4.78, 5) is 72.9. The van der Waals surface area contributed by atoms with Crippen LogP contribution >= 0.6 is 0 Å². The molecule has 0 saturated carbocycles. The average Bonchev–Trinajstić information content (AvgIpc) is 4.15. The summed E-state index contributed by atoms with van der Waals surface area (Å²) in [6, 6.07) is 22.3. The molecule has 320 valence electrons. The van der Waals surface area contributed by atoms with E-state index in [4.69, 9.17) is 19.4 Å². The molecule has 14 nitrogen and oxygen atoms in total. The van der Waals surface area contributed by atoms with E-state index in [1.54, 1.807) is 0 Å². The van der Waals surface area contributed by atoms with E-state index in [0.29, 0.717) is 18.7 Å². The molecule has 4 heterocycles. The molecule has 2 saturated heterocycles. The Bertz CT molecular complexity index is 2670. The monoisotopic (exact) mass is 836 g/mol. The Morgan fingerprint density at radius 1 is 0.742 bits per heavy atom. The predicted molar refractivity (Wildman–Crippen MR) is 235 cm³/mol. The number of likely N-dealkylation sites (tertiary alicyclic amines) is 2. The van der Waals surface area contributed by atoms with Gasteiger partial charge in [0.15, 0.2) is 0 Å². The molecule has 1 aliphatic carbocycles. The lowest BCUT2D eigenvalue weighted by Gasteiger charge is -2.29.